The van der Waals surface area contributed by atoms with Gasteiger partial charge in [-0.2, -0.15) is 0 Å². The zero-order chi connectivity index (χ0) is 25.9. The number of aliphatic carboxylic acids is 1. The molecule has 0 fully saturated rings. The third kappa shape index (κ3) is 5.38. The number of carbonyl (C=O) groups is 1. The standard InChI is InChI=1S/C28H28ClNO6S/c1-34-24-13-27(21(29)11-17(24)14-30-22(15-31)28(32)33)37-26-8-6-19-18(3-2-4-20(19)26)16-5-7-23-25(12-16)36-10-9-35-23/h2-5,7,11-13,22,26,30-31H,6,8-10,14-15H2,1H3,(H,32,33)/t22?,26-/m0/s1. The van der Waals surface area contributed by atoms with E-state index in [1.165, 1.54) is 16.7 Å². The molecule has 1 aliphatic heterocycles. The Bertz CT molecular complexity index is 1320. The van der Waals surface area contributed by atoms with Gasteiger partial charge in [-0.3, -0.25) is 10.1 Å². The molecule has 1 unspecified atom stereocenters. The predicted octanol–water partition coefficient (Wildman–Crippen LogP) is 5.10. The SMILES string of the molecule is COc1cc(S[C@H]2CCc3c(-c4ccc5c(c4)OCCO5)cccc32)c(Cl)cc1CNC(CO)C(=O)O. The molecule has 1 aliphatic carbocycles. The second-order valence-electron chi connectivity index (χ2n) is 8.93. The molecule has 7 nitrogen and oxygen atoms in total. The summed E-state index contributed by atoms with van der Waals surface area (Å²) in [4.78, 5) is 12.1. The molecule has 37 heavy (non-hydrogen) atoms. The number of nitrogens with one attached hydrogen (secondary N) is 1. The highest BCUT2D eigenvalue weighted by atomic mass is 35.5. The number of aliphatic hydroxyl groups is 1. The van der Waals surface area contributed by atoms with Crippen molar-refractivity contribution in [2.45, 2.75) is 35.6 Å². The van der Waals surface area contributed by atoms with E-state index < -0.39 is 18.6 Å². The normalized spacial score (nSPS) is 16.8. The Morgan fingerprint density at radius 3 is 2.76 bits per heavy atom. The zero-order valence-electron chi connectivity index (χ0n) is 20.3. The lowest BCUT2D eigenvalue weighted by Gasteiger charge is -2.20. The van der Waals surface area contributed by atoms with Gasteiger partial charge in [-0.1, -0.05) is 35.9 Å². The number of carboxylic acids is 1. The van der Waals surface area contributed by atoms with Crippen LogP contribution in [-0.2, 0) is 17.8 Å². The molecule has 2 aliphatic rings. The van der Waals surface area contributed by atoms with E-state index in [9.17, 15) is 9.90 Å². The van der Waals surface area contributed by atoms with Gasteiger partial charge in [-0.05, 0) is 59.4 Å². The van der Waals surface area contributed by atoms with Gasteiger partial charge in [0.15, 0.2) is 11.5 Å². The van der Waals surface area contributed by atoms with Gasteiger partial charge in [-0.15, -0.1) is 11.8 Å². The van der Waals surface area contributed by atoms with E-state index >= 15 is 0 Å². The number of ether oxygens (including phenoxy) is 3. The van der Waals surface area contributed by atoms with Gasteiger partial charge >= 0.3 is 5.97 Å². The third-order valence-corrected chi connectivity index (χ3v) is 8.48. The number of methoxy groups -OCH3 is 1. The molecule has 1 heterocycles. The minimum Gasteiger partial charge on any atom is -0.496 e. The van der Waals surface area contributed by atoms with Crippen molar-refractivity contribution in [3.05, 3.63) is 70.2 Å². The van der Waals surface area contributed by atoms with Crippen LogP contribution in [0.5, 0.6) is 17.2 Å². The second kappa shape index (κ2) is 11.2. The van der Waals surface area contributed by atoms with Crippen molar-refractivity contribution in [1.29, 1.82) is 0 Å². The number of aliphatic hydroxyl groups excluding tert-OH is 1. The number of rotatable bonds is 9. The van der Waals surface area contributed by atoms with E-state index in [1.807, 2.05) is 12.1 Å². The van der Waals surface area contributed by atoms with Crippen LogP contribution in [0, 0.1) is 0 Å². The van der Waals surface area contributed by atoms with Crippen LogP contribution in [0.3, 0.4) is 0 Å². The fraction of sp³-hybridized carbons (Fsp3) is 0.321. The third-order valence-electron chi connectivity index (χ3n) is 6.69. The average molecular weight is 542 g/mol. The fourth-order valence-corrected chi connectivity index (χ4v) is 6.39. The molecule has 3 N–H and O–H groups in total. The minimum absolute atomic E-state index is 0.205. The molecule has 194 valence electrons. The molecule has 3 aromatic carbocycles. The van der Waals surface area contributed by atoms with Crippen LogP contribution in [0.15, 0.2) is 53.4 Å². The summed E-state index contributed by atoms with van der Waals surface area (Å²) in [7, 11) is 1.58. The van der Waals surface area contributed by atoms with Gasteiger partial charge in [-0.25, -0.2) is 0 Å². The van der Waals surface area contributed by atoms with E-state index in [2.05, 4.69) is 35.6 Å². The van der Waals surface area contributed by atoms with Gasteiger partial charge in [0.1, 0.15) is 25.0 Å². The largest absolute Gasteiger partial charge is 0.496 e. The van der Waals surface area contributed by atoms with Gasteiger partial charge < -0.3 is 24.4 Å². The first-order valence-corrected chi connectivity index (χ1v) is 13.4. The van der Waals surface area contributed by atoms with Crippen molar-refractivity contribution in [1.82, 2.24) is 5.32 Å². The van der Waals surface area contributed by atoms with Gasteiger partial charge in [0.05, 0.1) is 18.7 Å². The van der Waals surface area contributed by atoms with Crippen LogP contribution in [0.4, 0.5) is 0 Å². The molecule has 9 heteroatoms. The average Bonchev–Trinajstić information content (AvgIpc) is 3.32. The molecule has 0 saturated carbocycles. The van der Waals surface area contributed by atoms with Gasteiger partial charge in [0.2, 0.25) is 0 Å². The lowest BCUT2D eigenvalue weighted by molar-refractivity contribution is -0.140. The topological polar surface area (TPSA) is 97.3 Å². The molecule has 0 radical (unpaired) electrons. The molecule has 0 aromatic heterocycles. The maximum Gasteiger partial charge on any atom is 0.323 e. The van der Waals surface area contributed by atoms with Gasteiger partial charge in [0.25, 0.3) is 0 Å². The fourth-order valence-electron chi connectivity index (χ4n) is 4.83. The van der Waals surface area contributed by atoms with Crippen LogP contribution in [-0.4, -0.2) is 49.2 Å². The quantitative estimate of drug-likeness (QED) is 0.344. The Kier molecular flexibility index (Phi) is 7.81. The highest BCUT2D eigenvalue weighted by molar-refractivity contribution is 7.99. The number of thioether (sulfide) groups is 1. The predicted molar refractivity (Wildman–Crippen MR) is 143 cm³/mol. The summed E-state index contributed by atoms with van der Waals surface area (Å²) in [6, 6.07) is 15.2. The maximum atomic E-state index is 11.2. The van der Waals surface area contributed by atoms with Crippen LogP contribution >= 0.6 is 23.4 Å². The van der Waals surface area contributed by atoms with Crippen molar-refractivity contribution < 1.29 is 29.2 Å². The van der Waals surface area contributed by atoms with Crippen molar-refractivity contribution >= 4 is 29.3 Å². The number of benzene rings is 3. The molecule has 2 atom stereocenters. The van der Waals surface area contributed by atoms with Crippen LogP contribution < -0.4 is 19.5 Å². The molecule has 5 rings (SSSR count). The van der Waals surface area contributed by atoms with Gasteiger partial charge in [0, 0.05) is 22.3 Å². The van der Waals surface area contributed by atoms with Crippen molar-refractivity contribution in [2.24, 2.45) is 0 Å². The summed E-state index contributed by atoms with van der Waals surface area (Å²) < 4.78 is 17.1. The summed E-state index contributed by atoms with van der Waals surface area (Å²) in [5.41, 5.74) is 5.68. The summed E-state index contributed by atoms with van der Waals surface area (Å²) in [6.45, 7) is 0.830. The first kappa shape index (κ1) is 25.7. The number of hydrogen-bond acceptors (Lipinski definition) is 7. The molecule has 3 aromatic rings. The summed E-state index contributed by atoms with van der Waals surface area (Å²) in [5.74, 6) is 1.07. The zero-order valence-corrected chi connectivity index (χ0v) is 21.9. The Morgan fingerprint density at radius 2 is 2.00 bits per heavy atom. The molecule has 0 amide bonds. The van der Waals surface area contributed by atoms with E-state index in [1.54, 1.807) is 24.9 Å². The van der Waals surface area contributed by atoms with E-state index in [0.29, 0.717) is 24.0 Å². The van der Waals surface area contributed by atoms with Crippen LogP contribution in [0.25, 0.3) is 11.1 Å². The molecule has 0 spiro atoms. The summed E-state index contributed by atoms with van der Waals surface area (Å²) >= 11 is 8.38. The van der Waals surface area contributed by atoms with Crippen LogP contribution in [0.2, 0.25) is 5.02 Å². The molecule has 0 saturated heterocycles. The Hall–Kier alpha value is -2.91. The first-order chi connectivity index (χ1) is 18.0. The highest BCUT2D eigenvalue weighted by Crippen LogP contribution is 2.50. The van der Waals surface area contributed by atoms with Crippen molar-refractivity contribution in [3.8, 4) is 28.4 Å². The number of fused-ring (bicyclic) bond motifs is 2. The monoisotopic (exact) mass is 541 g/mol. The first-order valence-electron chi connectivity index (χ1n) is 12.1. The smallest absolute Gasteiger partial charge is 0.323 e. The summed E-state index contributed by atoms with van der Waals surface area (Å²) in [5, 5.41) is 22.1. The lowest BCUT2D eigenvalue weighted by Crippen LogP contribution is -2.39. The van der Waals surface area contributed by atoms with Crippen LogP contribution in [0.1, 0.15) is 28.4 Å². The Balaban J connectivity index is 1.37. The Morgan fingerprint density at radius 1 is 1.19 bits per heavy atom. The lowest BCUT2D eigenvalue weighted by atomic mass is 9.96. The van der Waals surface area contributed by atoms with E-state index in [4.69, 9.17) is 30.9 Å². The maximum absolute atomic E-state index is 11.2. The van der Waals surface area contributed by atoms with E-state index in [-0.39, 0.29) is 11.8 Å². The highest BCUT2D eigenvalue weighted by Gasteiger charge is 2.27. The minimum atomic E-state index is -1.12. The van der Waals surface area contributed by atoms with Crippen molar-refractivity contribution in [2.75, 3.05) is 26.9 Å². The van der Waals surface area contributed by atoms with E-state index in [0.717, 1.165) is 40.4 Å². The van der Waals surface area contributed by atoms with Crippen molar-refractivity contribution in [3.63, 3.8) is 0 Å². The Labute approximate surface area is 224 Å². The second-order valence-corrected chi connectivity index (χ2v) is 10.6. The number of hydrogen-bond donors (Lipinski definition) is 3. The number of carboxylic acid groups (broad SMARTS) is 1. The molecular weight excluding hydrogens is 514 g/mol. The molecular formula is C28H28ClNO6S. The summed E-state index contributed by atoms with van der Waals surface area (Å²) in [6.07, 6.45) is 1.95. The number of halogens is 1. The molecule has 0 bridgehead atoms.